The molecular formula is C44H55N3O11. The number of ketones is 1. The van der Waals surface area contributed by atoms with Gasteiger partial charge in [0.05, 0.1) is 35.5 Å². The monoisotopic (exact) mass is 801 g/mol. The molecule has 9 atom stereocenters. The highest BCUT2D eigenvalue weighted by Crippen LogP contribution is 2.54. The van der Waals surface area contributed by atoms with Gasteiger partial charge in [-0.1, -0.05) is 52.5 Å². The smallest absolute Gasteiger partial charge is 0.312 e. The third-order valence-electron chi connectivity index (χ3n) is 11.6. The average Bonchev–Trinajstić information content (AvgIpc) is 3.68. The van der Waals surface area contributed by atoms with Crippen molar-refractivity contribution in [3.63, 3.8) is 0 Å². The van der Waals surface area contributed by atoms with E-state index in [9.17, 15) is 34.8 Å². The van der Waals surface area contributed by atoms with E-state index in [0.717, 1.165) is 11.8 Å². The molecule has 0 radical (unpaired) electrons. The quantitative estimate of drug-likeness (QED) is 0.0278. The Morgan fingerprint density at radius 1 is 1.02 bits per heavy atom. The van der Waals surface area contributed by atoms with Crippen LogP contribution in [0.4, 0.5) is 5.69 Å². The standard InChI is InChI=1S/C44H55N3O11/c1-13-56-44(11)42(53)32-30-31(38(51)26(8)41(32)58-44)39(52)34(35-33(30)45-29-19-20(2)17-18-47(29)35)46-43(54)22(4)16-14-15-21(3)36(49)24(6)37(50)25(7)40(57-28(10)48)23(5)27(9)55-12/h13-19,21,23-25,27,36-37,40,49-52H,1H2,2-12H3,(H,46,54)/b15-14+,22-16-/t21-,23-,24+,25+,27-,36-,37+,40+,44-/m0/s1. The van der Waals surface area contributed by atoms with Crippen LogP contribution in [0.5, 0.6) is 17.2 Å². The third kappa shape index (κ3) is 7.75. The summed E-state index contributed by atoms with van der Waals surface area (Å²) in [6, 6.07) is 3.63. The lowest BCUT2D eigenvalue weighted by molar-refractivity contribution is -0.161. The van der Waals surface area contributed by atoms with Gasteiger partial charge in [-0.2, -0.15) is 0 Å². The van der Waals surface area contributed by atoms with E-state index in [1.54, 1.807) is 69.7 Å². The molecule has 0 aliphatic carbocycles. The number of allylic oxidation sites excluding steroid dienone is 2. The number of imidazole rings is 1. The molecule has 0 fully saturated rings. The van der Waals surface area contributed by atoms with E-state index in [0.29, 0.717) is 5.65 Å². The highest BCUT2D eigenvalue weighted by molar-refractivity contribution is 6.28. The first kappa shape index (κ1) is 43.7. The molecule has 5 rings (SSSR count). The molecule has 312 valence electrons. The molecule has 58 heavy (non-hydrogen) atoms. The van der Waals surface area contributed by atoms with Crippen LogP contribution in [-0.4, -0.2) is 84.8 Å². The van der Waals surface area contributed by atoms with Gasteiger partial charge < -0.3 is 44.7 Å². The van der Waals surface area contributed by atoms with Crippen molar-refractivity contribution < 1.29 is 53.8 Å². The van der Waals surface area contributed by atoms with Crippen LogP contribution in [0.3, 0.4) is 0 Å². The summed E-state index contributed by atoms with van der Waals surface area (Å²) in [4.78, 5) is 44.5. The fraction of sp³-hybridized carbons (Fsp3) is 0.455. The normalized spacial score (nSPS) is 19.9. The maximum Gasteiger partial charge on any atom is 0.312 e. The Morgan fingerprint density at radius 2 is 1.69 bits per heavy atom. The van der Waals surface area contributed by atoms with Crippen LogP contribution in [0.15, 0.2) is 55.0 Å². The van der Waals surface area contributed by atoms with Crippen molar-refractivity contribution in [2.24, 2.45) is 23.7 Å². The summed E-state index contributed by atoms with van der Waals surface area (Å²) >= 11 is 0. The zero-order valence-electron chi connectivity index (χ0n) is 34.9. The molecule has 1 amide bonds. The lowest BCUT2D eigenvalue weighted by Crippen LogP contribution is -2.46. The van der Waals surface area contributed by atoms with Crippen LogP contribution in [0, 0.1) is 37.5 Å². The van der Waals surface area contributed by atoms with Crippen molar-refractivity contribution in [3.05, 3.63) is 71.7 Å². The Labute approximate surface area is 337 Å². The number of anilines is 1. The Balaban J connectivity index is 1.46. The van der Waals surface area contributed by atoms with E-state index < -0.39 is 65.3 Å². The number of benzene rings is 2. The molecule has 2 aromatic carbocycles. The first-order valence-corrected chi connectivity index (χ1v) is 19.3. The van der Waals surface area contributed by atoms with Crippen molar-refractivity contribution in [3.8, 4) is 17.2 Å². The molecule has 0 saturated carbocycles. The number of ether oxygens (including phenoxy) is 4. The predicted octanol–water partition coefficient (Wildman–Crippen LogP) is 6.79. The van der Waals surface area contributed by atoms with Gasteiger partial charge in [0.2, 0.25) is 0 Å². The van der Waals surface area contributed by atoms with Crippen LogP contribution in [0.2, 0.25) is 0 Å². The van der Waals surface area contributed by atoms with Crippen LogP contribution in [-0.2, 0) is 23.8 Å². The van der Waals surface area contributed by atoms with Crippen molar-refractivity contribution >= 4 is 50.8 Å². The Bertz CT molecular complexity index is 2350. The van der Waals surface area contributed by atoms with Crippen LogP contribution in [0.25, 0.3) is 27.5 Å². The van der Waals surface area contributed by atoms with Gasteiger partial charge in [0.15, 0.2) is 5.75 Å². The van der Waals surface area contributed by atoms with Gasteiger partial charge in [-0.25, -0.2) is 4.98 Å². The van der Waals surface area contributed by atoms with Crippen molar-refractivity contribution in [1.82, 2.24) is 9.38 Å². The van der Waals surface area contributed by atoms with Gasteiger partial charge in [-0.05, 0) is 45.4 Å². The number of carbonyl (C=O) groups is 3. The number of phenolic OH excluding ortho intramolecular Hbond substituents is 2. The predicted molar refractivity (Wildman–Crippen MR) is 220 cm³/mol. The number of rotatable bonds is 15. The molecule has 3 heterocycles. The number of hydrogen-bond donors (Lipinski definition) is 5. The molecule has 14 nitrogen and oxygen atoms in total. The second-order valence-electron chi connectivity index (χ2n) is 15.7. The number of aliphatic hydroxyl groups is 2. The van der Waals surface area contributed by atoms with Gasteiger partial charge in [0.1, 0.15) is 40.0 Å². The number of phenols is 2. The largest absolute Gasteiger partial charge is 0.507 e. The number of aromatic nitrogens is 2. The molecule has 14 heteroatoms. The van der Waals surface area contributed by atoms with Crippen molar-refractivity contribution in [2.45, 2.75) is 99.4 Å². The van der Waals surface area contributed by atoms with E-state index in [-0.39, 0.29) is 67.7 Å². The zero-order valence-corrected chi connectivity index (χ0v) is 34.9. The topological polar surface area (TPSA) is 198 Å². The molecule has 2 aromatic heterocycles. The molecule has 4 aromatic rings. The number of carbonyl (C=O) groups excluding carboxylic acids is 3. The Hall–Kier alpha value is -5.44. The summed E-state index contributed by atoms with van der Waals surface area (Å²) < 4.78 is 24.2. The minimum absolute atomic E-state index is 0.0475. The first-order valence-electron chi connectivity index (χ1n) is 19.3. The van der Waals surface area contributed by atoms with Crippen molar-refractivity contribution in [2.75, 3.05) is 12.4 Å². The lowest BCUT2D eigenvalue weighted by Gasteiger charge is -2.37. The first-order chi connectivity index (χ1) is 27.2. The van der Waals surface area contributed by atoms with E-state index in [2.05, 4.69) is 11.9 Å². The van der Waals surface area contributed by atoms with Gasteiger partial charge in [0.25, 0.3) is 11.7 Å². The molecular weight excluding hydrogens is 746 g/mol. The number of Topliss-reactive ketones (excluding diaryl/α,β-unsaturated/α-hetero) is 1. The summed E-state index contributed by atoms with van der Waals surface area (Å²) in [5, 5.41) is 48.9. The fourth-order valence-electron chi connectivity index (χ4n) is 7.77. The zero-order chi connectivity index (χ0) is 43.1. The number of aryl methyl sites for hydroxylation is 1. The SMILES string of the molecule is C=CO[C@@]1(C)Oc2c(C)c(O)c3c(O)c(NC(=O)/C(C)=C\C=C\[C@H](C)[C@H](O)[C@@H](C)[C@@H](O)[C@@H](C)[C@H](OC(C)=O)[C@@H](C)[C@H](C)OC)c4c(nc5cc(C)ccn54)c3c2C1=O. The van der Waals surface area contributed by atoms with Crippen LogP contribution >= 0.6 is 0 Å². The molecule has 0 spiro atoms. The summed E-state index contributed by atoms with van der Waals surface area (Å²) in [5.74, 6) is -6.04. The minimum atomic E-state index is -1.78. The van der Waals surface area contributed by atoms with E-state index in [1.807, 2.05) is 26.8 Å². The number of amides is 1. The summed E-state index contributed by atoms with van der Waals surface area (Å²) in [6.45, 7) is 20.3. The molecule has 0 bridgehead atoms. The summed E-state index contributed by atoms with van der Waals surface area (Å²) in [5.41, 5.74) is 2.25. The lowest BCUT2D eigenvalue weighted by atomic mass is 9.78. The Kier molecular flexibility index (Phi) is 12.7. The second kappa shape index (κ2) is 16.8. The summed E-state index contributed by atoms with van der Waals surface area (Å²) in [7, 11) is 1.56. The number of methoxy groups -OCH3 is 1. The fourth-order valence-corrected chi connectivity index (χ4v) is 7.77. The van der Waals surface area contributed by atoms with Crippen LogP contribution < -0.4 is 10.1 Å². The summed E-state index contributed by atoms with van der Waals surface area (Å²) in [6.07, 6.45) is 4.76. The number of pyridine rings is 1. The Morgan fingerprint density at radius 3 is 2.31 bits per heavy atom. The molecule has 1 aliphatic heterocycles. The molecule has 1 aliphatic rings. The number of aliphatic hydroxyl groups excluding tert-OH is 2. The highest BCUT2D eigenvalue weighted by Gasteiger charge is 2.49. The molecule has 5 N–H and O–H groups in total. The number of nitrogens with one attached hydrogen (secondary N) is 1. The average molecular weight is 802 g/mol. The van der Waals surface area contributed by atoms with Crippen molar-refractivity contribution in [1.29, 1.82) is 0 Å². The number of esters is 1. The van der Waals surface area contributed by atoms with Gasteiger partial charge in [-0.3, -0.25) is 18.8 Å². The molecule has 0 saturated heterocycles. The molecule has 0 unspecified atom stereocenters. The van der Waals surface area contributed by atoms with Gasteiger partial charge in [-0.15, -0.1) is 0 Å². The number of aromatic hydroxyl groups is 2. The third-order valence-corrected chi connectivity index (χ3v) is 11.6. The minimum Gasteiger partial charge on any atom is -0.507 e. The maximum atomic E-state index is 13.9. The van der Waals surface area contributed by atoms with E-state index in [4.69, 9.17) is 23.9 Å². The second-order valence-corrected chi connectivity index (χ2v) is 15.7. The van der Waals surface area contributed by atoms with Gasteiger partial charge in [0, 0.05) is 67.3 Å². The maximum absolute atomic E-state index is 13.9. The van der Waals surface area contributed by atoms with Crippen LogP contribution in [0.1, 0.15) is 76.9 Å². The number of fused-ring (bicyclic) bond motifs is 7. The highest BCUT2D eigenvalue weighted by atomic mass is 16.7. The van der Waals surface area contributed by atoms with Gasteiger partial charge >= 0.3 is 11.8 Å². The van der Waals surface area contributed by atoms with E-state index >= 15 is 0 Å². The number of hydrogen-bond acceptors (Lipinski definition) is 12. The van der Waals surface area contributed by atoms with E-state index in [1.165, 1.54) is 20.8 Å². The number of nitrogens with zero attached hydrogens (tertiary/aromatic N) is 2.